The minimum Gasteiger partial charge on any atom is -0.492 e. The van der Waals surface area contributed by atoms with Gasteiger partial charge in [-0.15, -0.1) is 0 Å². The van der Waals surface area contributed by atoms with Crippen molar-refractivity contribution in [2.75, 3.05) is 11.3 Å². The number of alkyl halides is 6. The van der Waals surface area contributed by atoms with E-state index in [1.54, 1.807) is 11.6 Å². The second-order valence-electron chi connectivity index (χ2n) is 5.42. The molecule has 2 aromatic carbocycles. The predicted octanol–water partition coefficient (Wildman–Crippen LogP) is 5.58. The lowest BCUT2D eigenvalue weighted by molar-refractivity contribution is -0.143. The summed E-state index contributed by atoms with van der Waals surface area (Å²) >= 11 is 5.75. The van der Waals surface area contributed by atoms with Crippen molar-refractivity contribution >= 4 is 27.3 Å². The van der Waals surface area contributed by atoms with E-state index in [1.165, 1.54) is 12.1 Å². The van der Waals surface area contributed by atoms with Crippen LogP contribution >= 0.6 is 11.6 Å². The Hall–Kier alpha value is -2.14. The topological polar surface area (TPSA) is 55.4 Å². The summed E-state index contributed by atoms with van der Waals surface area (Å²) in [5, 5.41) is -0.0242. The monoisotopic (exact) mass is 447 g/mol. The molecule has 0 aromatic heterocycles. The number of rotatable bonds is 5. The van der Waals surface area contributed by atoms with Crippen LogP contribution in [0.5, 0.6) is 5.75 Å². The highest BCUT2D eigenvalue weighted by Crippen LogP contribution is 2.38. The normalized spacial score (nSPS) is 12.7. The zero-order chi connectivity index (χ0) is 21.3. The van der Waals surface area contributed by atoms with E-state index in [1.807, 2.05) is 0 Å². The molecule has 0 aliphatic heterocycles. The van der Waals surface area contributed by atoms with Gasteiger partial charge >= 0.3 is 12.4 Å². The average Bonchev–Trinajstić information content (AvgIpc) is 2.54. The summed E-state index contributed by atoms with van der Waals surface area (Å²) in [7, 11) is -4.61. The fourth-order valence-electron chi connectivity index (χ4n) is 2.19. The SMILES string of the molecule is CCOc1ccc(Cl)cc1S(=O)(=O)Nc1cc(C(F)(F)F)cc(C(F)(F)F)c1. The van der Waals surface area contributed by atoms with E-state index in [0.29, 0.717) is 0 Å². The fraction of sp³-hybridized carbons (Fsp3) is 0.250. The first-order valence-corrected chi connectivity index (χ1v) is 9.35. The summed E-state index contributed by atoms with van der Waals surface area (Å²) < 4.78 is 110. The molecule has 0 heterocycles. The van der Waals surface area contributed by atoms with E-state index in [0.717, 1.165) is 6.07 Å². The first-order valence-electron chi connectivity index (χ1n) is 7.48. The van der Waals surface area contributed by atoms with Gasteiger partial charge in [-0.2, -0.15) is 26.3 Å². The van der Waals surface area contributed by atoms with Gasteiger partial charge in [0.2, 0.25) is 0 Å². The second kappa shape index (κ2) is 7.70. The smallest absolute Gasteiger partial charge is 0.416 e. The van der Waals surface area contributed by atoms with Crippen LogP contribution in [0.4, 0.5) is 32.0 Å². The minimum atomic E-state index is -5.12. The summed E-state index contributed by atoms with van der Waals surface area (Å²) in [6.45, 7) is 1.62. The van der Waals surface area contributed by atoms with Gasteiger partial charge in [-0.25, -0.2) is 8.42 Å². The number of hydrogen-bond donors (Lipinski definition) is 1. The van der Waals surface area contributed by atoms with Crippen LogP contribution in [0.25, 0.3) is 0 Å². The number of sulfonamides is 1. The van der Waals surface area contributed by atoms with Gasteiger partial charge in [0, 0.05) is 5.02 Å². The highest BCUT2D eigenvalue weighted by atomic mass is 35.5. The maximum Gasteiger partial charge on any atom is 0.416 e. The Kier molecular flexibility index (Phi) is 6.10. The Balaban J connectivity index is 2.57. The first kappa shape index (κ1) is 22.2. The van der Waals surface area contributed by atoms with E-state index in [2.05, 4.69) is 0 Å². The molecule has 4 nitrogen and oxygen atoms in total. The zero-order valence-corrected chi connectivity index (χ0v) is 15.5. The van der Waals surface area contributed by atoms with Crippen molar-refractivity contribution < 1.29 is 39.5 Å². The van der Waals surface area contributed by atoms with Crippen LogP contribution in [-0.4, -0.2) is 15.0 Å². The number of nitrogens with one attached hydrogen (secondary N) is 1. The van der Waals surface area contributed by atoms with Crippen molar-refractivity contribution in [1.82, 2.24) is 0 Å². The molecule has 0 saturated carbocycles. The molecule has 12 heteroatoms. The van der Waals surface area contributed by atoms with Crippen molar-refractivity contribution in [1.29, 1.82) is 0 Å². The molecular weight excluding hydrogens is 436 g/mol. The lowest BCUT2D eigenvalue weighted by Crippen LogP contribution is -2.17. The highest BCUT2D eigenvalue weighted by molar-refractivity contribution is 7.92. The van der Waals surface area contributed by atoms with Crippen LogP contribution in [0, 0.1) is 0 Å². The van der Waals surface area contributed by atoms with Gasteiger partial charge < -0.3 is 4.74 Å². The molecule has 0 aliphatic carbocycles. The Labute approximate surface area is 161 Å². The van der Waals surface area contributed by atoms with Crippen molar-refractivity contribution in [3.05, 3.63) is 52.5 Å². The summed E-state index contributed by atoms with van der Waals surface area (Å²) in [5.74, 6) is -0.164. The average molecular weight is 448 g/mol. The number of halogens is 7. The van der Waals surface area contributed by atoms with Crippen molar-refractivity contribution in [2.45, 2.75) is 24.2 Å². The maximum absolute atomic E-state index is 12.9. The molecule has 0 saturated heterocycles. The Morgan fingerprint density at radius 1 is 0.964 bits per heavy atom. The van der Waals surface area contributed by atoms with Gasteiger partial charge in [0.1, 0.15) is 10.6 Å². The maximum atomic E-state index is 12.9. The minimum absolute atomic E-state index is 0.0242. The first-order chi connectivity index (χ1) is 12.7. The largest absolute Gasteiger partial charge is 0.492 e. The molecule has 2 aromatic rings. The van der Waals surface area contributed by atoms with Crippen LogP contribution in [0.1, 0.15) is 18.1 Å². The van der Waals surface area contributed by atoms with E-state index < -0.39 is 44.1 Å². The van der Waals surface area contributed by atoms with Gasteiger partial charge in [-0.05, 0) is 43.3 Å². The Morgan fingerprint density at radius 2 is 1.50 bits per heavy atom. The number of benzene rings is 2. The van der Waals surface area contributed by atoms with E-state index in [9.17, 15) is 34.8 Å². The third-order valence-electron chi connectivity index (χ3n) is 3.33. The van der Waals surface area contributed by atoms with Crippen molar-refractivity contribution in [3.63, 3.8) is 0 Å². The lowest BCUT2D eigenvalue weighted by atomic mass is 10.1. The zero-order valence-electron chi connectivity index (χ0n) is 13.9. The summed E-state index contributed by atoms with van der Waals surface area (Å²) in [5.41, 5.74) is -4.23. The predicted molar refractivity (Wildman–Crippen MR) is 89.9 cm³/mol. The number of anilines is 1. The fourth-order valence-corrected chi connectivity index (χ4v) is 3.64. The van der Waals surface area contributed by atoms with Crippen LogP contribution in [0.2, 0.25) is 5.02 Å². The number of ether oxygens (including phenoxy) is 1. The van der Waals surface area contributed by atoms with E-state index in [-0.39, 0.29) is 35.6 Å². The van der Waals surface area contributed by atoms with Crippen LogP contribution in [0.15, 0.2) is 41.3 Å². The standard InChI is InChI=1S/C16H12ClF6NO3S/c1-2-27-13-4-3-11(17)8-14(13)28(25,26)24-12-6-9(15(18,19)20)5-10(7-12)16(21,22)23/h3-8,24H,2H2,1H3. The number of hydrogen-bond acceptors (Lipinski definition) is 3. The van der Waals surface area contributed by atoms with Gasteiger partial charge in [0.25, 0.3) is 10.0 Å². The molecule has 154 valence electrons. The van der Waals surface area contributed by atoms with Crippen LogP contribution < -0.4 is 9.46 Å². The van der Waals surface area contributed by atoms with Crippen LogP contribution in [-0.2, 0) is 22.4 Å². The third-order valence-corrected chi connectivity index (χ3v) is 4.97. The van der Waals surface area contributed by atoms with Crippen LogP contribution in [0.3, 0.4) is 0 Å². The Bertz CT molecular complexity index is 941. The molecule has 0 bridgehead atoms. The quantitative estimate of drug-likeness (QED) is 0.609. The molecule has 0 amide bonds. The van der Waals surface area contributed by atoms with E-state index >= 15 is 0 Å². The molecular formula is C16H12ClF6NO3S. The molecule has 1 N–H and O–H groups in total. The molecule has 2 rings (SSSR count). The van der Waals surface area contributed by atoms with Crippen molar-refractivity contribution in [3.8, 4) is 5.75 Å². The van der Waals surface area contributed by atoms with Gasteiger partial charge in [0.05, 0.1) is 23.4 Å². The highest BCUT2D eigenvalue weighted by Gasteiger charge is 2.37. The molecule has 0 unspecified atom stereocenters. The molecule has 28 heavy (non-hydrogen) atoms. The Morgan fingerprint density at radius 3 is 1.96 bits per heavy atom. The van der Waals surface area contributed by atoms with Gasteiger partial charge in [-0.3, -0.25) is 4.72 Å². The summed E-state index contributed by atoms with van der Waals surface area (Å²) in [6.07, 6.45) is -10.2. The van der Waals surface area contributed by atoms with E-state index in [4.69, 9.17) is 16.3 Å². The summed E-state index contributed by atoms with van der Waals surface area (Å²) in [4.78, 5) is -0.534. The molecule has 0 spiro atoms. The van der Waals surface area contributed by atoms with Crippen molar-refractivity contribution in [2.24, 2.45) is 0 Å². The second-order valence-corrected chi connectivity index (χ2v) is 7.51. The third kappa shape index (κ3) is 5.22. The van der Waals surface area contributed by atoms with Gasteiger partial charge in [-0.1, -0.05) is 11.6 Å². The summed E-state index contributed by atoms with van der Waals surface area (Å²) in [6, 6.07) is 3.91. The van der Waals surface area contributed by atoms with Gasteiger partial charge in [0.15, 0.2) is 0 Å². The molecule has 0 atom stereocenters. The lowest BCUT2D eigenvalue weighted by Gasteiger charge is -2.16. The molecule has 0 aliphatic rings. The molecule has 0 radical (unpaired) electrons. The molecule has 0 fully saturated rings.